The summed E-state index contributed by atoms with van der Waals surface area (Å²) < 4.78 is 13.2. The molecule has 2 N–H and O–H groups in total. The van der Waals surface area contributed by atoms with Gasteiger partial charge in [-0.25, -0.2) is 4.39 Å². The maximum atomic E-state index is 13.2. The number of carbonyl (C=O) groups is 1. The Morgan fingerprint density at radius 1 is 1.40 bits per heavy atom. The highest BCUT2D eigenvalue weighted by atomic mass is 19.1. The van der Waals surface area contributed by atoms with Gasteiger partial charge in [0, 0.05) is 12.1 Å². The first-order chi connectivity index (χ1) is 9.58. The number of nitro groups is 1. The Bertz CT molecular complexity index is 514. The molecule has 0 bridgehead atoms. The van der Waals surface area contributed by atoms with E-state index in [1.807, 2.05) is 0 Å². The fourth-order valence-corrected chi connectivity index (χ4v) is 2.24. The average Bonchev–Trinajstić information content (AvgIpc) is 2.67. The van der Waals surface area contributed by atoms with E-state index in [0.717, 1.165) is 44.0 Å². The summed E-state index contributed by atoms with van der Waals surface area (Å²) in [7, 11) is 0. The summed E-state index contributed by atoms with van der Waals surface area (Å²) in [6, 6.07) is 2.62. The molecule has 1 aliphatic heterocycles. The molecule has 0 spiro atoms. The Kier molecular flexibility index (Phi) is 4.62. The van der Waals surface area contributed by atoms with Crippen molar-refractivity contribution in [2.75, 3.05) is 11.9 Å². The lowest BCUT2D eigenvalue weighted by Crippen LogP contribution is -2.39. The first-order valence-corrected chi connectivity index (χ1v) is 6.56. The molecule has 0 saturated carbocycles. The molecule has 2 rings (SSSR count). The smallest absolute Gasteiger partial charge is 0.292 e. The minimum absolute atomic E-state index is 0.106. The Hall–Kier alpha value is -2.02. The first-order valence-electron chi connectivity index (χ1n) is 6.56. The van der Waals surface area contributed by atoms with Crippen LogP contribution in [0.5, 0.6) is 0 Å². The molecule has 20 heavy (non-hydrogen) atoms. The first kappa shape index (κ1) is 14.4. The summed E-state index contributed by atoms with van der Waals surface area (Å²) in [6.45, 7) is 0.739. The number of anilines is 1. The number of halogens is 1. The Morgan fingerprint density at radius 3 is 2.95 bits per heavy atom. The summed E-state index contributed by atoms with van der Waals surface area (Å²) in [4.78, 5) is 22.3. The van der Waals surface area contributed by atoms with Gasteiger partial charge in [-0.1, -0.05) is 12.8 Å². The van der Waals surface area contributed by atoms with Crippen molar-refractivity contribution in [3.8, 4) is 0 Å². The second kappa shape index (κ2) is 6.42. The molecule has 1 aromatic carbocycles. The Morgan fingerprint density at radius 2 is 2.20 bits per heavy atom. The summed E-state index contributed by atoms with van der Waals surface area (Å²) in [6.07, 6.45) is 3.66. The van der Waals surface area contributed by atoms with Crippen molar-refractivity contribution < 1.29 is 14.1 Å². The largest absolute Gasteiger partial charge is 0.319 e. The number of nitrogens with one attached hydrogen (secondary N) is 2. The zero-order valence-electron chi connectivity index (χ0n) is 10.9. The highest BCUT2D eigenvalue weighted by Gasteiger charge is 2.23. The van der Waals surface area contributed by atoms with Crippen molar-refractivity contribution in [2.24, 2.45) is 0 Å². The molecule has 1 aliphatic rings. The fraction of sp³-hybridized carbons (Fsp3) is 0.462. The van der Waals surface area contributed by atoms with E-state index in [-0.39, 0.29) is 23.3 Å². The number of hydrogen-bond acceptors (Lipinski definition) is 4. The number of carbonyl (C=O) groups excluding carboxylic acids is 1. The van der Waals surface area contributed by atoms with Crippen LogP contribution >= 0.6 is 0 Å². The Labute approximate surface area is 115 Å². The number of benzene rings is 1. The molecule has 0 radical (unpaired) electrons. The second-order valence-electron chi connectivity index (χ2n) is 4.76. The predicted octanol–water partition coefficient (Wildman–Crippen LogP) is 2.20. The van der Waals surface area contributed by atoms with E-state index in [1.54, 1.807) is 0 Å². The van der Waals surface area contributed by atoms with E-state index in [9.17, 15) is 19.3 Å². The zero-order chi connectivity index (χ0) is 14.5. The van der Waals surface area contributed by atoms with Crippen LogP contribution in [0.1, 0.15) is 25.7 Å². The zero-order valence-corrected chi connectivity index (χ0v) is 10.9. The van der Waals surface area contributed by atoms with Gasteiger partial charge < -0.3 is 10.6 Å². The molecular formula is C13H16FN3O3. The van der Waals surface area contributed by atoms with Gasteiger partial charge in [-0.2, -0.15) is 0 Å². The van der Waals surface area contributed by atoms with Crippen LogP contribution in [0, 0.1) is 15.9 Å². The fourth-order valence-electron chi connectivity index (χ4n) is 2.24. The van der Waals surface area contributed by atoms with Gasteiger partial charge in [0.25, 0.3) is 5.69 Å². The number of hydrogen-bond donors (Lipinski definition) is 2. The molecule has 108 valence electrons. The number of rotatable bonds is 3. The van der Waals surface area contributed by atoms with Crippen molar-refractivity contribution in [3.05, 3.63) is 34.1 Å². The molecule has 1 amide bonds. The van der Waals surface area contributed by atoms with Gasteiger partial charge in [-0.05, 0) is 25.5 Å². The molecule has 1 saturated heterocycles. The van der Waals surface area contributed by atoms with E-state index in [0.29, 0.717) is 6.42 Å². The third kappa shape index (κ3) is 3.51. The molecular weight excluding hydrogens is 265 g/mol. The molecule has 1 heterocycles. The molecule has 1 fully saturated rings. The number of amides is 1. The van der Waals surface area contributed by atoms with Gasteiger partial charge in [-0.15, -0.1) is 0 Å². The van der Waals surface area contributed by atoms with E-state index in [2.05, 4.69) is 10.6 Å². The average molecular weight is 281 g/mol. The lowest BCUT2D eigenvalue weighted by Gasteiger charge is -2.15. The highest BCUT2D eigenvalue weighted by molar-refractivity contribution is 5.96. The SMILES string of the molecule is O=C(Nc1cc(F)ccc1[N+](=O)[O-])C1CCCCCN1. The third-order valence-corrected chi connectivity index (χ3v) is 3.29. The van der Waals surface area contributed by atoms with Gasteiger partial charge in [0.15, 0.2) is 0 Å². The minimum atomic E-state index is -0.643. The summed E-state index contributed by atoms with van der Waals surface area (Å²) in [5.74, 6) is -0.986. The summed E-state index contributed by atoms with van der Waals surface area (Å²) in [5, 5.41) is 16.4. The topological polar surface area (TPSA) is 84.3 Å². The Balaban J connectivity index is 2.14. The van der Waals surface area contributed by atoms with E-state index in [1.165, 1.54) is 0 Å². The standard InChI is InChI=1S/C13H16FN3O3/c14-9-5-6-12(17(19)20)11(8-9)16-13(18)10-4-2-1-3-7-15-10/h5-6,8,10,15H,1-4,7H2,(H,16,18). The summed E-state index contributed by atoms with van der Waals surface area (Å²) in [5.41, 5.74) is -0.417. The predicted molar refractivity (Wildman–Crippen MR) is 71.9 cm³/mol. The molecule has 1 aromatic rings. The third-order valence-electron chi connectivity index (χ3n) is 3.29. The van der Waals surface area contributed by atoms with E-state index in [4.69, 9.17) is 0 Å². The monoisotopic (exact) mass is 281 g/mol. The van der Waals surface area contributed by atoms with Crippen LogP contribution in [0.2, 0.25) is 0 Å². The number of nitrogens with zero attached hydrogens (tertiary/aromatic N) is 1. The maximum absolute atomic E-state index is 13.2. The summed E-state index contributed by atoms with van der Waals surface area (Å²) >= 11 is 0. The van der Waals surface area contributed by atoms with Gasteiger partial charge in [0.05, 0.1) is 11.0 Å². The van der Waals surface area contributed by atoms with Crippen LogP contribution in [0.25, 0.3) is 0 Å². The quantitative estimate of drug-likeness (QED) is 0.657. The van der Waals surface area contributed by atoms with Crippen LogP contribution in [-0.4, -0.2) is 23.4 Å². The van der Waals surface area contributed by atoms with Crippen molar-refractivity contribution in [1.82, 2.24) is 5.32 Å². The van der Waals surface area contributed by atoms with Gasteiger partial charge in [0.1, 0.15) is 11.5 Å². The molecule has 0 aliphatic carbocycles. The lowest BCUT2D eigenvalue weighted by molar-refractivity contribution is -0.384. The van der Waals surface area contributed by atoms with Crippen LogP contribution < -0.4 is 10.6 Å². The lowest BCUT2D eigenvalue weighted by atomic mass is 10.1. The van der Waals surface area contributed by atoms with Crippen LogP contribution in [0.15, 0.2) is 18.2 Å². The minimum Gasteiger partial charge on any atom is -0.319 e. The van der Waals surface area contributed by atoms with Crippen LogP contribution in [-0.2, 0) is 4.79 Å². The normalized spacial score (nSPS) is 19.1. The molecule has 0 aromatic heterocycles. The van der Waals surface area contributed by atoms with Gasteiger partial charge in [-0.3, -0.25) is 14.9 Å². The highest BCUT2D eigenvalue weighted by Crippen LogP contribution is 2.25. The van der Waals surface area contributed by atoms with Crippen molar-refractivity contribution >= 4 is 17.3 Å². The molecule has 7 heteroatoms. The molecule has 1 atom stereocenters. The molecule has 1 unspecified atom stereocenters. The second-order valence-corrected chi connectivity index (χ2v) is 4.76. The van der Waals surface area contributed by atoms with E-state index >= 15 is 0 Å². The van der Waals surface area contributed by atoms with Crippen LogP contribution in [0.3, 0.4) is 0 Å². The van der Waals surface area contributed by atoms with Gasteiger partial charge >= 0.3 is 0 Å². The van der Waals surface area contributed by atoms with Gasteiger partial charge in [0.2, 0.25) is 5.91 Å². The van der Waals surface area contributed by atoms with Crippen molar-refractivity contribution in [1.29, 1.82) is 0 Å². The van der Waals surface area contributed by atoms with Crippen molar-refractivity contribution in [3.63, 3.8) is 0 Å². The number of nitro benzene ring substituents is 1. The van der Waals surface area contributed by atoms with E-state index < -0.39 is 10.7 Å². The molecule has 6 nitrogen and oxygen atoms in total. The van der Waals surface area contributed by atoms with Crippen molar-refractivity contribution in [2.45, 2.75) is 31.7 Å². The van der Waals surface area contributed by atoms with Crippen LogP contribution in [0.4, 0.5) is 15.8 Å². The maximum Gasteiger partial charge on any atom is 0.292 e.